The van der Waals surface area contributed by atoms with E-state index in [2.05, 4.69) is 21.2 Å². The van der Waals surface area contributed by atoms with Gasteiger partial charge in [-0.3, -0.25) is 4.79 Å². The average Bonchev–Trinajstić information content (AvgIpc) is 2.38. The van der Waals surface area contributed by atoms with E-state index in [0.717, 1.165) is 4.47 Å². The molecule has 6 heteroatoms. The van der Waals surface area contributed by atoms with E-state index >= 15 is 0 Å². The monoisotopic (exact) mass is 353 g/mol. The van der Waals surface area contributed by atoms with Gasteiger partial charge in [0, 0.05) is 15.7 Å². The third-order valence-electron chi connectivity index (χ3n) is 2.54. The highest BCUT2D eigenvalue weighted by Gasteiger charge is 2.11. The molecule has 0 atom stereocenters. The third kappa shape index (κ3) is 3.37. The van der Waals surface area contributed by atoms with Crippen LogP contribution in [0.25, 0.3) is 0 Å². The minimum Gasteiger partial charge on any atom is -0.478 e. The molecule has 0 bridgehead atoms. The number of hydrogen-bond donors (Lipinski definition) is 2. The Hall–Kier alpha value is -1.85. The first-order valence-electron chi connectivity index (χ1n) is 5.57. The molecule has 1 amide bonds. The number of aromatic carboxylic acids is 1. The summed E-state index contributed by atoms with van der Waals surface area (Å²) in [7, 11) is 0. The van der Waals surface area contributed by atoms with Crippen molar-refractivity contribution in [3.63, 3.8) is 0 Å². The normalized spacial score (nSPS) is 10.1. The minimum atomic E-state index is -1.11. The number of rotatable bonds is 3. The summed E-state index contributed by atoms with van der Waals surface area (Å²) in [6, 6.07) is 11.2. The second-order valence-electron chi connectivity index (χ2n) is 3.96. The molecule has 0 fully saturated rings. The topological polar surface area (TPSA) is 66.4 Å². The average molecular weight is 355 g/mol. The van der Waals surface area contributed by atoms with Gasteiger partial charge in [-0.1, -0.05) is 33.6 Å². The van der Waals surface area contributed by atoms with Crippen LogP contribution in [-0.2, 0) is 0 Å². The van der Waals surface area contributed by atoms with Crippen molar-refractivity contribution in [1.29, 1.82) is 0 Å². The Balaban J connectivity index is 2.20. The quantitative estimate of drug-likeness (QED) is 0.874. The fraction of sp³-hybridized carbons (Fsp3) is 0. The predicted octanol–water partition coefficient (Wildman–Crippen LogP) is 4.05. The number of benzene rings is 2. The summed E-state index contributed by atoms with van der Waals surface area (Å²) >= 11 is 9.13. The van der Waals surface area contributed by atoms with Crippen molar-refractivity contribution in [3.8, 4) is 0 Å². The molecule has 0 spiro atoms. The molecule has 20 heavy (non-hydrogen) atoms. The van der Waals surface area contributed by atoms with E-state index in [0.29, 0.717) is 11.3 Å². The van der Waals surface area contributed by atoms with Gasteiger partial charge in [0.2, 0.25) is 0 Å². The molecule has 0 aromatic heterocycles. The number of amides is 1. The molecule has 0 aliphatic rings. The number of carboxylic acids is 1. The largest absolute Gasteiger partial charge is 0.478 e. The number of halogens is 2. The zero-order chi connectivity index (χ0) is 14.7. The Morgan fingerprint density at radius 3 is 2.50 bits per heavy atom. The van der Waals surface area contributed by atoms with Crippen molar-refractivity contribution in [2.45, 2.75) is 0 Å². The van der Waals surface area contributed by atoms with Gasteiger partial charge in [0.1, 0.15) is 0 Å². The molecular weight excluding hydrogens is 346 g/mol. The Kier molecular flexibility index (Phi) is 4.42. The van der Waals surface area contributed by atoms with Crippen LogP contribution in [0.2, 0.25) is 5.02 Å². The van der Waals surface area contributed by atoms with Crippen LogP contribution in [0.1, 0.15) is 20.7 Å². The number of nitrogens with one attached hydrogen (secondary N) is 1. The van der Waals surface area contributed by atoms with Crippen molar-refractivity contribution in [2.75, 3.05) is 5.32 Å². The number of carboxylic acid groups (broad SMARTS) is 1. The molecule has 0 unspecified atom stereocenters. The molecule has 0 heterocycles. The lowest BCUT2D eigenvalue weighted by molar-refractivity contribution is 0.0697. The van der Waals surface area contributed by atoms with E-state index in [-0.39, 0.29) is 16.5 Å². The highest BCUT2D eigenvalue weighted by Crippen LogP contribution is 2.22. The second-order valence-corrected chi connectivity index (χ2v) is 5.29. The summed E-state index contributed by atoms with van der Waals surface area (Å²) in [5.74, 6) is -1.41. The van der Waals surface area contributed by atoms with Crippen LogP contribution in [0.4, 0.5) is 5.69 Å². The van der Waals surface area contributed by atoms with Gasteiger partial charge in [-0.15, -0.1) is 0 Å². The van der Waals surface area contributed by atoms with Crippen LogP contribution >= 0.6 is 27.5 Å². The molecule has 0 aliphatic heterocycles. The standard InChI is InChI=1S/C14H9BrClNO3/c15-9-3-1-2-8(6-9)13(18)17-10-4-5-11(14(19)20)12(16)7-10/h1-7H,(H,17,18)(H,19,20). The second kappa shape index (κ2) is 6.07. The predicted molar refractivity (Wildman–Crippen MR) is 80.5 cm³/mol. The molecule has 2 rings (SSSR count). The van der Waals surface area contributed by atoms with Crippen molar-refractivity contribution >= 4 is 45.1 Å². The number of anilines is 1. The van der Waals surface area contributed by atoms with Crippen LogP contribution in [-0.4, -0.2) is 17.0 Å². The molecule has 0 aliphatic carbocycles. The lowest BCUT2D eigenvalue weighted by Crippen LogP contribution is -2.12. The molecule has 0 saturated heterocycles. The highest BCUT2D eigenvalue weighted by molar-refractivity contribution is 9.10. The molecule has 4 nitrogen and oxygen atoms in total. The fourth-order valence-electron chi connectivity index (χ4n) is 1.60. The first-order chi connectivity index (χ1) is 9.47. The summed E-state index contributed by atoms with van der Waals surface area (Å²) in [5.41, 5.74) is 0.912. The molecule has 0 saturated carbocycles. The summed E-state index contributed by atoms with van der Waals surface area (Å²) in [4.78, 5) is 22.8. The lowest BCUT2D eigenvalue weighted by atomic mass is 10.2. The van der Waals surface area contributed by atoms with Crippen LogP contribution in [0.3, 0.4) is 0 Å². The summed E-state index contributed by atoms with van der Waals surface area (Å²) in [5, 5.41) is 11.6. The number of carbonyl (C=O) groups is 2. The Morgan fingerprint density at radius 2 is 1.90 bits per heavy atom. The maximum Gasteiger partial charge on any atom is 0.337 e. The minimum absolute atomic E-state index is 0.00730. The molecule has 0 radical (unpaired) electrons. The van der Waals surface area contributed by atoms with Crippen molar-refractivity contribution in [3.05, 3.63) is 63.1 Å². The number of carbonyl (C=O) groups excluding carboxylic acids is 1. The van der Waals surface area contributed by atoms with Crippen LogP contribution in [0.15, 0.2) is 46.9 Å². The fourth-order valence-corrected chi connectivity index (χ4v) is 2.26. The molecule has 2 N–H and O–H groups in total. The summed E-state index contributed by atoms with van der Waals surface area (Å²) in [6.45, 7) is 0. The lowest BCUT2D eigenvalue weighted by Gasteiger charge is -2.07. The van der Waals surface area contributed by atoms with Crippen LogP contribution in [0.5, 0.6) is 0 Å². The van der Waals surface area contributed by atoms with E-state index in [1.165, 1.54) is 18.2 Å². The highest BCUT2D eigenvalue weighted by atomic mass is 79.9. The Labute approximate surface area is 128 Å². The van der Waals surface area contributed by atoms with E-state index in [9.17, 15) is 9.59 Å². The third-order valence-corrected chi connectivity index (χ3v) is 3.35. The van der Waals surface area contributed by atoms with Gasteiger partial charge in [-0.2, -0.15) is 0 Å². The Bertz CT molecular complexity index is 688. The van der Waals surface area contributed by atoms with Crippen molar-refractivity contribution in [1.82, 2.24) is 0 Å². The van der Waals surface area contributed by atoms with Gasteiger partial charge < -0.3 is 10.4 Å². The van der Waals surface area contributed by atoms with E-state index in [4.69, 9.17) is 16.7 Å². The first-order valence-corrected chi connectivity index (χ1v) is 6.74. The summed E-state index contributed by atoms with van der Waals surface area (Å²) in [6.07, 6.45) is 0. The van der Waals surface area contributed by atoms with Gasteiger partial charge in [-0.25, -0.2) is 4.79 Å². The van der Waals surface area contributed by atoms with Gasteiger partial charge in [-0.05, 0) is 36.4 Å². The van der Waals surface area contributed by atoms with Crippen molar-refractivity contribution in [2.24, 2.45) is 0 Å². The van der Waals surface area contributed by atoms with E-state index in [1.807, 2.05) is 6.07 Å². The Morgan fingerprint density at radius 1 is 1.15 bits per heavy atom. The molecule has 102 valence electrons. The zero-order valence-corrected chi connectivity index (χ0v) is 12.4. The first kappa shape index (κ1) is 14.6. The van der Waals surface area contributed by atoms with Crippen LogP contribution in [0, 0.1) is 0 Å². The van der Waals surface area contributed by atoms with Gasteiger partial charge in [0.05, 0.1) is 10.6 Å². The van der Waals surface area contributed by atoms with E-state index < -0.39 is 5.97 Å². The van der Waals surface area contributed by atoms with Crippen molar-refractivity contribution < 1.29 is 14.7 Å². The SMILES string of the molecule is O=C(Nc1ccc(C(=O)O)c(Cl)c1)c1cccc(Br)c1. The maximum atomic E-state index is 12.0. The summed E-state index contributed by atoms with van der Waals surface area (Å²) < 4.78 is 0.796. The van der Waals surface area contributed by atoms with Gasteiger partial charge in [0.15, 0.2) is 0 Å². The molecular formula is C14H9BrClNO3. The molecule has 2 aromatic rings. The van der Waals surface area contributed by atoms with E-state index in [1.54, 1.807) is 18.2 Å². The number of hydrogen-bond acceptors (Lipinski definition) is 2. The smallest absolute Gasteiger partial charge is 0.337 e. The van der Waals surface area contributed by atoms with Gasteiger partial charge in [0.25, 0.3) is 5.91 Å². The maximum absolute atomic E-state index is 12.0. The molecule has 2 aromatic carbocycles. The van der Waals surface area contributed by atoms with Crippen LogP contribution < -0.4 is 5.32 Å². The zero-order valence-electron chi connectivity index (χ0n) is 10.1. The van der Waals surface area contributed by atoms with Gasteiger partial charge >= 0.3 is 5.97 Å².